The minimum Gasteiger partial charge on any atom is -0.494 e. The molecular formula is C13H14N4O2. The van der Waals surface area contributed by atoms with Crippen LogP contribution in [0.2, 0.25) is 0 Å². The van der Waals surface area contributed by atoms with E-state index in [4.69, 9.17) is 20.0 Å². The van der Waals surface area contributed by atoms with Crippen molar-refractivity contribution in [2.24, 2.45) is 5.10 Å². The number of hydrogen-bond donors (Lipinski definition) is 1. The van der Waals surface area contributed by atoms with Gasteiger partial charge in [-0.05, 0) is 26.0 Å². The summed E-state index contributed by atoms with van der Waals surface area (Å²) in [6.45, 7) is 4.78. The summed E-state index contributed by atoms with van der Waals surface area (Å²) in [5.41, 5.74) is 2.91. The van der Waals surface area contributed by atoms with Crippen molar-refractivity contribution in [3.05, 3.63) is 18.2 Å². The second kappa shape index (κ2) is 7.57. The van der Waals surface area contributed by atoms with Crippen LogP contribution in [0.15, 0.2) is 23.3 Å². The maximum Gasteiger partial charge on any atom is 0.237 e. The van der Waals surface area contributed by atoms with Crippen LogP contribution < -0.4 is 14.9 Å². The quantitative estimate of drug-likeness (QED) is 0.624. The number of nitriles is 2. The van der Waals surface area contributed by atoms with Crippen LogP contribution in [0.5, 0.6) is 11.5 Å². The van der Waals surface area contributed by atoms with E-state index in [0.29, 0.717) is 30.4 Å². The average Bonchev–Trinajstić information content (AvgIpc) is 2.43. The molecule has 1 rings (SSSR count). The maximum absolute atomic E-state index is 8.62. The smallest absolute Gasteiger partial charge is 0.237 e. The van der Waals surface area contributed by atoms with Crippen LogP contribution in [-0.2, 0) is 0 Å². The van der Waals surface area contributed by atoms with Gasteiger partial charge in [-0.25, -0.2) is 0 Å². The lowest BCUT2D eigenvalue weighted by Crippen LogP contribution is -2.01. The molecule has 0 bridgehead atoms. The third kappa shape index (κ3) is 4.21. The third-order valence-electron chi connectivity index (χ3n) is 2.06. The zero-order chi connectivity index (χ0) is 14.1. The van der Waals surface area contributed by atoms with E-state index in [-0.39, 0.29) is 5.71 Å². The van der Waals surface area contributed by atoms with Gasteiger partial charge in [-0.1, -0.05) is 0 Å². The average molecular weight is 258 g/mol. The Morgan fingerprint density at radius 1 is 1.21 bits per heavy atom. The predicted molar refractivity (Wildman–Crippen MR) is 71.1 cm³/mol. The Balaban J connectivity index is 3.01. The SMILES string of the molecule is CCOc1ccc(OCC)c(NN=C(C#N)C#N)c1. The zero-order valence-corrected chi connectivity index (χ0v) is 10.8. The highest BCUT2D eigenvalue weighted by atomic mass is 16.5. The number of benzene rings is 1. The largest absolute Gasteiger partial charge is 0.494 e. The third-order valence-corrected chi connectivity index (χ3v) is 2.06. The van der Waals surface area contributed by atoms with Crippen LogP contribution in [0.1, 0.15) is 13.8 Å². The van der Waals surface area contributed by atoms with Crippen molar-refractivity contribution in [2.75, 3.05) is 18.6 Å². The molecule has 1 aromatic carbocycles. The fourth-order valence-electron chi connectivity index (χ4n) is 1.33. The molecule has 0 spiro atoms. The van der Waals surface area contributed by atoms with Gasteiger partial charge < -0.3 is 9.47 Å². The number of nitrogens with zero attached hydrogens (tertiary/aromatic N) is 3. The number of hydrogen-bond acceptors (Lipinski definition) is 6. The number of anilines is 1. The standard InChI is InChI=1S/C13H14N4O2/c1-3-18-11-5-6-13(19-4-2)12(7-11)17-16-10(8-14)9-15/h5-7,17H,3-4H2,1-2H3. The second-order valence-corrected chi connectivity index (χ2v) is 3.32. The Morgan fingerprint density at radius 3 is 2.47 bits per heavy atom. The molecule has 0 atom stereocenters. The summed E-state index contributed by atoms with van der Waals surface area (Å²) < 4.78 is 10.8. The summed E-state index contributed by atoms with van der Waals surface area (Å²) >= 11 is 0. The van der Waals surface area contributed by atoms with Crippen molar-refractivity contribution >= 4 is 11.4 Å². The summed E-state index contributed by atoms with van der Waals surface area (Å²) in [5, 5.41) is 20.9. The molecule has 6 heteroatoms. The van der Waals surface area contributed by atoms with Gasteiger partial charge in [-0.15, -0.1) is 0 Å². The highest BCUT2D eigenvalue weighted by molar-refractivity contribution is 6.10. The van der Waals surface area contributed by atoms with E-state index in [1.165, 1.54) is 0 Å². The van der Waals surface area contributed by atoms with Crippen LogP contribution >= 0.6 is 0 Å². The van der Waals surface area contributed by atoms with Gasteiger partial charge in [0.1, 0.15) is 29.3 Å². The van der Waals surface area contributed by atoms with E-state index < -0.39 is 0 Å². The molecule has 0 aromatic heterocycles. The highest BCUT2D eigenvalue weighted by Gasteiger charge is 2.05. The predicted octanol–water partition coefficient (Wildman–Crippen LogP) is 2.30. The first kappa shape index (κ1) is 14.3. The lowest BCUT2D eigenvalue weighted by molar-refractivity contribution is 0.332. The van der Waals surface area contributed by atoms with E-state index in [1.807, 2.05) is 13.8 Å². The van der Waals surface area contributed by atoms with Gasteiger partial charge in [0.05, 0.1) is 13.2 Å². The Kier molecular flexibility index (Phi) is 5.71. The Labute approximate surface area is 111 Å². The summed E-state index contributed by atoms with van der Waals surface area (Å²) in [7, 11) is 0. The van der Waals surface area contributed by atoms with Crippen LogP contribution in [0.4, 0.5) is 5.69 Å². The zero-order valence-electron chi connectivity index (χ0n) is 10.8. The molecule has 19 heavy (non-hydrogen) atoms. The minimum atomic E-state index is -0.260. The summed E-state index contributed by atoms with van der Waals surface area (Å²) in [6, 6.07) is 8.55. The van der Waals surface area contributed by atoms with E-state index in [9.17, 15) is 0 Å². The number of hydrazone groups is 1. The first-order chi connectivity index (χ1) is 9.24. The first-order valence-corrected chi connectivity index (χ1v) is 5.78. The van der Waals surface area contributed by atoms with Crippen molar-refractivity contribution in [1.82, 2.24) is 0 Å². The van der Waals surface area contributed by atoms with Crippen molar-refractivity contribution in [1.29, 1.82) is 10.5 Å². The maximum atomic E-state index is 8.62. The first-order valence-electron chi connectivity index (χ1n) is 5.78. The molecule has 1 aromatic rings. The van der Waals surface area contributed by atoms with Crippen LogP contribution in [0, 0.1) is 22.7 Å². The second-order valence-electron chi connectivity index (χ2n) is 3.32. The van der Waals surface area contributed by atoms with E-state index in [0.717, 1.165) is 0 Å². The fourth-order valence-corrected chi connectivity index (χ4v) is 1.33. The molecule has 0 fully saturated rings. The van der Waals surface area contributed by atoms with Crippen molar-refractivity contribution in [3.8, 4) is 23.6 Å². The van der Waals surface area contributed by atoms with E-state index >= 15 is 0 Å². The molecule has 0 unspecified atom stereocenters. The van der Waals surface area contributed by atoms with Gasteiger partial charge >= 0.3 is 0 Å². The minimum absolute atomic E-state index is 0.260. The Morgan fingerprint density at radius 2 is 1.89 bits per heavy atom. The number of ether oxygens (including phenoxy) is 2. The molecule has 0 saturated carbocycles. The topological polar surface area (TPSA) is 90.4 Å². The molecular weight excluding hydrogens is 244 g/mol. The van der Waals surface area contributed by atoms with Crippen LogP contribution in [-0.4, -0.2) is 18.9 Å². The normalized spacial score (nSPS) is 8.84. The van der Waals surface area contributed by atoms with Gasteiger partial charge in [-0.3, -0.25) is 5.43 Å². The van der Waals surface area contributed by atoms with Crippen molar-refractivity contribution < 1.29 is 9.47 Å². The van der Waals surface area contributed by atoms with Gasteiger partial charge in [0.2, 0.25) is 5.71 Å². The summed E-state index contributed by atoms with van der Waals surface area (Å²) in [5.74, 6) is 1.23. The van der Waals surface area contributed by atoms with Crippen LogP contribution in [0.25, 0.3) is 0 Å². The van der Waals surface area contributed by atoms with Crippen LogP contribution in [0.3, 0.4) is 0 Å². The monoisotopic (exact) mass is 258 g/mol. The fraction of sp³-hybridized carbons (Fsp3) is 0.308. The summed E-state index contributed by atoms with van der Waals surface area (Å²) in [4.78, 5) is 0. The molecule has 1 N–H and O–H groups in total. The molecule has 0 amide bonds. The summed E-state index contributed by atoms with van der Waals surface area (Å²) in [6.07, 6.45) is 0. The molecule has 0 heterocycles. The van der Waals surface area contributed by atoms with Crippen molar-refractivity contribution in [2.45, 2.75) is 13.8 Å². The molecule has 0 aliphatic heterocycles. The van der Waals surface area contributed by atoms with E-state index in [1.54, 1.807) is 30.3 Å². The van der Waals surface area contributed by atoms with Crippen molar-refractivity contribution in [3.63, 3.8) is 0 Å². The van der Waals surface area contributed by atoms with E-state index in [2.05, 4.69) is 10.5 Å². The molecule has 98 valence electrons. The Hall–Kier alpha value is -2.73. The van der Waals surface area contributed by atoms with Gasteiger partial charge in [0.25, 0.3) is 0 Å². The number of rotatable bonds is 6. The molecule has 0 radical (unpaired) electrons. The number of nitrogens with one attached hydrogen (secondary N) is 1. The molecule has 0 saturated heterocycles. The van der Waals surface area contributed by atoms with Gasteiger partial charge in [0, 0.05) is 6.07 Å². The molecule has 0 aliphatic rings. The lowest BCUT2D eigenvalue weighted by atomic mass is 10.3. The molecule has 0 aliphatic carbocycles. The van der Waals surface area contributed by atoms with Gasteiger partial charge in [-0.2, -0.15) is 15.6 Å². The lowest BCUT2D eigenvalue weighted by Gasteiger charge is -2.11. The molecule has 6 nitrogen and oxygen atoms in total. The van der Waals surface area contributed by atoms with Gasteiger partial charge in [0.15, 0.2) is 0 Å². The highest BCUT2D eigenvalue weighted by Crippen LogP contribution is 2.29. The Bertz CT molecular complexity index is 525.